The van der Waals surface area contributed by atoms with Crippen LogP contribution in [0, 0.1) is 0 Å². The second-order valence-corrected chi connectivity index (χ2v) is 5.45. The summed E-state index contributed by atoms with van der Waals surface area (Å²) in [6, 6.07) is 5.79. The number of halogens is 3. The zero-order valence-corrected chi connectivity index (χ0v) is 10.5. The lowest BCUT2D eigenvalue weighted by Crippen LogP contribution is -1.93. The molecule has 0 heterocycles. The maximum absolute atomic E-state index is 5.89. The van der Waals surface area contributed by atoms with Gasteiger partial charge in [0.25, 0.3) is 0 Å². The van der Waals surface area contributed by atoms with Gasteiger partial charge in [-0.05, 0) is 30.5 Å². The molecule has 0 bridgehead atoms. The number of benzene rings is 1. The van der Waals surface area contributed by atoms with Crippen molar-refractivity contribution in [3.8, 4) is 0 Å². The van der Waals surface area contributed by atoms with Crippen LogP contribution in [0.25, 0.3) is 0 Å². The van der Waals surface area contributed by atoms with Gasteiger partial charge in [0.1, 0.15) is 0 Å². The standard InChI is InChI=1S/C10H11BrCl2/c1-7(11)2-3-8-4-5-9(12)10(13)6-8/h4-7H,2-3H2,1H3. The van der Waals surface area contributed by atoms with Crippen LogP contribution in [0.2, 0.25) is 10.0 Å². The molecule has 0 nitrogen and oxygen atoms in total. The average Bonchev–Trinajstić information content (AvgIpc) is 2.07. The summed E-state index contributed by atoms with van der Waals surface area (Å²) in [5.74, 6) is 0. The van der Waals surface area contributed by atoms with E-state index in [1.807, 2.05) is 18.2 Å². The fourth-order valence-corrected chi connectivity index (χ4v) is 1.61. The molecule has 0 spiro atoms. The highest BCUT2D eigenvalue weighted by molar-refractivity contribution is 9.09. The third kappa shape index (κ3) is 3.88. The Kier molecular flexibility index (Phi) is 4.57. The second kappa shape index (κ2) is 5.23. The quantitative estimate of drug-likeness (QED) is 0.704. The molecule has 0 aliphatic heterocycles. The van der Waals surface area contributed by atoms with Crippen molar-refractivity contribution in [1.29, 1.82) is 0 Å². The Morgan fingerprint density at radius 1 is 1.31 bits per heavy atom. The summed E-state index contributed by atoms with van der Waals surface area (Å²) in [6.45, 7) is 2.14. The molecule has 3 heteroatoms. The van der Waals surface area contributed by atoms with E-state index in [1.54, 1.807) is 0 Å². The maximum Gasteiger partial charge on any atom is 0.0595 e. The van der Waals surface area contributed by atoms with Crippen molar-refractivity contribution >= 4 is 39.1 Å². The third-order valence-electron chi connectivity index (χ3n) is 1.81. The molecule has 1 atom stereocenters. The van der Waals surface area contributed by atoms with Crippen molar-refractivity contribution in [2.24, 2.45) is 0 Å². The van der Waals surface area contributed by atoms with Crippen molar-refractivity contribution < 1.29 is 0 Å². The number of hydrogen-bond donors (Lipinski definition) is 0. The lowest BCUT2D eigenvalue weighted by molar-refractivity contribution is 0.822. The fourth-order valence-electron chi connectivity index (χ4n) is 1.06. The van der Waals surface area contributed by atoms with Gasteiger partial charge in [-0.3, -0.25) is 0 Å². The summed E-state index contributed by atoms with van der Waals surface area (Å²) in [7, 11) is 0. The topological polar surface area (TPSA) is 0 Å². The normalized spacial score (nSPS) is 12.9. The Morgan fingerprint density at radius 2 is 2.00 bits per heavy atom. The lowest BCUT2D eigenvalue weighted by atomic mass is 10.1. The highest BCUT2D eigenvalue weighted by Crippen LogP contribution is 2.23. The van der Waals surface area contributed by atoms with Gasteiger partial charge in [-0.1, -0.05) is 52.1 Å². The fraction of sp³-hybridized carbons (Fsp3) is 0.400. The van der Waals surface area contributed by atoms with E-state index in [2.05, 4.69) is 22.9 Å². The summed E-state index contributed by atoms with van der Waals surface area (Å²) in [4.78, 5) is 0.543. The minimum Gasteiger partial charge on any atom is -0.0894 e. The van der Waals surface area contributed by atoms with Crippen molar-refractivity contribution in [3.05, 3.63) is 33.8 Å². The van der Waals surface area contributed by atoms with E-state index in [0.29, 0.717) is 14.9 Å². The van der Waals surface area contributed by atoms with Gasteiger partial charge >= 0.3 is 0 Å². The van der Waals surface area contributed by atoms with Crippen LogP contribution < -0.4 is 0 Å². The van der Waals surface area contributed by atoms with Gasteiger partial charge in [-0.15, -0.1) is 0 Å². The molecule has 0 saturated heterocycles. The van der Waals surface area contributed by atoms with Gasteiger partial charge in [0.05, 0.1) is 10.0 Å². The number of alkyl halides is 1. The zero-order valence-electron chi connectivity index (χ0n) is 7.36. The van der Waals surface area contributed by atoms with E-state index in [4.69, 9.17) is 23.2 Å². The smallest absolute Gasteiger partial charge is 0.0595 e. The van der Waals surface area contributed by atoms with E-state index >= 15 is 0 Å². The average molecular weight is 282 g/mol. The zero-order chi connectivity index (χ0) is 9.84. The van der Waals surface area contributed by atoms with Crippen LogP contribution in [0.5, 0.6) is 0 Å². The molecule has 0 saturated carbocycles. The molecule has 1 unspecified atom stereocenters. The third-order valence-corrected chi connectivity index (χ3v) is 3.01. The molecule has 0 aliphatic rings. The summed E-state index contributed by atoms with van der Waals surface area (Å²) in [5.41, 5.74) is 1.24. The minimum absolute atomic E-state index is 0.543. The predicted molar refractivity (Wildman–Crippen MR) is 63.2 cm³/mol. The maximum atomic E-state index is 5.89. The van der Waals surface area contributed by atoms with Crippen molar-refractivity contribution in [2.45, 2.75) is 24.6 Å². The molecule has 0 radical (unpaired) electrons. The SMILES string of the molecule is CC(Br)CCc1ccc(Cl)c(Cl)c1. The van der Waals surface area contributed by atoms with E-state index < -0.39 is 0 Å². The molecule has 0 fully saturated rings. The predicted octanol–water partition coefficient (Wildman–Crippen LogP) is 4.71. The Balaban J connectivity index is 2.63. The first-order valence-electron chi connectivity index (χ1n) is 4.17. The Hall–Kier alpha value is 0.280. The molecule has 1 rings (SSSR count). The second-order valence-electron chi connectivity index (χ2n) is 3.07. The minimum atomic E-state index is 0.543. The monoisotopic (exact) mass is 280 g/mol. The van der Waals surface area contributed by atoms with Crippen molar-refractivity contribution in [1.82, 2.24) is 0 Å². The first kappa shape index (κ1) is 11.4. The van der Waals surface area contributed by atoms with E-state index in [1.165, 1.54) is 5.56 Å². The van der Waals surface area contributed by atoms with Gasteiger partial charge in [-0.2, -0.15) is 0 Å². The van der Waals surface area contributed by atoms with E-state index in [0.717, 1.165) is 12.8 Å². The number of hydrogen-bond acceptors (Lipinski definition) is 0. The van der Waals surface area contributed by atoms with Crippen LogP contribution in [0.3, 0.4) is 0 Å². The molecule has 0 N–H and O–H groups in total. The molecule has 13 heavy (non-hydrogen) atoms. The van der Waals surface area contributed by atoms with Gasteiger partial charge in [0.2, 0.25) is 0 Å². The number of rotatable bonds is 3. The van der Waals surface area contributed by atoms with Crippen LogP contribution in [0.15, 0.2) is 18.2 Å². The van der Waals surface area contributed by atoms with Crippen molar-refractivity contribution in [3.63, 3.8) is 0 Å². The summed E-state index contributed by atoms with van der Waals surface area (Å²) in [5, 5.41) is 1.26. The largest absolute Gasteiger partial charge is 0.0894 e. The molecule has 1 aromatic rings. The molecule has 0 aliphatic carbocycles. The Labute approximate surface area is 97.4 Å². The van der Waals surface area contributed by atoms with Gasteiger partial charge < -0.3 is 0 Å². The number of aryl methyl sites for hydroxylation is 1. The Morgan fingerprint density at radius 3 is 2.54 bits per heavy atom. The van der Waals surface area contributed by atoms with Crippen LogP contribution in [0.4, 0.5) is 0 Å². The van der Waals surface area contributed by atoms with Gasteiger partial charge in [0.15, 0.2) is 0 Å². The van der Waals surface area contributed by atoms with Crippen LogP contribution in [-0.4, -0.2) is 4.83 Å². The van der Waals surface area contributed by atoms with Crippen molar-refractivity contribution in [2.75, 3.05) is 0 Å². The highest BCUT2D eigenvalue weighted by Gasteiger charge is 2.01. The highest BCUT2D eigenvalue weighted by atomic mass is 79.9. The van der Waals surface area contributed by atoms with Crippen LogP contribution >= 0.6 is 39.1 Å². The first-order valence-corrected chi connectivity index (χ1v) is 5.84. The molecule has 1 aromatic carbocycles. The van der Waals surface area contributed by atoms with Gasteiger partial charge in [0, 0.05) is 4.83 Å². The van der Waals surface area contributed by atoms with E-state index in [9.17, 15) is 0 Å². The van der Waals surface area contributed by atoms with Crippen LogP contribution in [0.1, 0.15) is 18.9 Å². The summed E-state index contributed by atoms with van der Waals surface area (Å²) < 4.78 is 0. The molecule has 0 aromatic heterocycles. The molecular weight excluding hydrogens is 271 g/mol. The summed E-state index contributed by atoms with van der Waals surface area (Å²) >= 11 is 15.2. The lowest BCUT2D eigenvalue weighted by Gasteiger charge is -2.04. The summed E-state index contributed by atoms with van der Waals surface area (Å²) in [6.07, 6.45) is 2.14. The van der Waals surface area contributed by atoms with E-state index in [-0.39, 0.29) is 0 Å². The van der Waals surface area contributed by atoms with Gasteiger partial charge in [-0.25, -0.2) is 0 Å². The molecular formula is C10H11BrCl2. The molecule has 0 amide bonds. The first-order chi connectivity index (χ1) is 6.09. The Bertz CT molecular complexity index is 284. The van der Waals surface area contributed by atoms with Crippen LogP contribution in [-0.2, 0) is 6.42 Å². The molecule has 72 valence electrons.